The third-order valence-electron chi connectivity index (χ3n) is 1.20. The number of nitrogens with one attached hydrogen (secondary N) is 2. The van der Waals surface area contributed by atoms with Crippen molar-refractivity contribution in [3.8, 4) is 0 Å². The molecule has 13 heavy (non-hydrogen) atoms. The maximum absolute atomic E-state index is 10.7. The van der Waals surface area contributed by atoms with Gasteiger partial charge in [-0.25, -0.2) is 9.59 Å². The van der Waals surface area contributed by atoms with Gasteiger partial charge in [-0.05, 0) is 13.8 Å². The summed E-state index contributed by atoms with van der Waals surface area (Å²) in [5.41, 5.74) is 0. The van der Waals surface area contributed by atoms with Gasteiger partial charge >= 0.3 is 12.2 Å². The second kappa shape index (κ2) is 6.10. The number of ether oxygens (including phenoxy) is 1. The van der Waals surface area contributed by atoms with Gasteiger partial charge in [-0.15, -0.1) is 0 Å². The molecule has 3 N–H and O–H groups in total. The second-order valence-electron chi connectivity index (χ2n) is 2.45. The number of hydrogen-bond acceptors (Lipinski definition) is 3. The summed E-state index contributed by atoms with van der Waals surface area (Å²) < 4.78 is 4.57. The van der Waals surface area contributed by atoms with Crippen LogP contribution in [-0.2, 0) is 4.74 Å². The molecule has 76 valence electrons. The fraction of sp³-hybridized carbons (Fsp3) is 0.714. The van der Waals surface area contributed by atoms with Crippen molar-refractivity contribution in [1.29, 1.82) is 0 Å². The van der Waals surface area contributed by atoms with E-state index in [9.17, 15) is 9.59 Å². The van der Waals surface area contributed by atoms with Gasteiger partial charge in [0.05, 0.1) is 6.61 Å². The van der Waals surface area contributed by atoms with Crippen LogP contribution < -0.4 is 10.6 Å². The first kappa shape index (κ1) is 11.5. The molecule has 0 radical (unpaired) electrons. The van der Waals surface area contributed by atoms with E-state index in [-0.39, 0.29) is 12.6 Å². The quantitative estimate of drug-likeness (QED) is 0.598. The highest BCUT2D eigenvalue weighted by Gasteiger charge is 2.06. The molecule has 2 amide bonds. The lowest BCUT2D eigenvalue weighted by atomic mass is 10.3. The van der Waals surface area contributed by atoms with E-state index in [2.05, 4.69) is 15.4 Å². The van der Waals surface area contributed by atoms with Crippen molar-refractivity contribution in [2.75, 3.05) is 13.2 Å². The highest BCUT2D eigenvalue weighted by atomic mass is 16.5. The molecule has 1 unspecified atom stereocenters. The van der Waals surface area contributed by atoms with E-state index in [1.54, 1.807) is 13.8 Å². The zero-order chi connectivity index (χ0) is 10.3. The second-order valence-corrected chi connectivity index (χ2v) is 2.45. The maximum atomic E-state index is 10.7. The first-order valence-electron chi connectivity index (χ1n) is 3.96. The Morgan fingerprint density at radius 1 is 1.54 bits per heavy atom. The molecule has 0 aromatic carbocycles. The molecule has 1 atom stereocenters. The molecule has 0 saturated heterocycles. The Bertz CT molecular complexity index is 183. The number of hydrogen-bond donors (Lipinski definition) is 3. The van der Waals surface area contributed by atoms with Crippen molar-refractivity contribution in [3.05, 3.63) is 0 Å². The SMILES string of the molecule is CCOC(=O)NCC(C)NC(=O)O. The lowest BCUT2D eigenvalue weighted by Crippen LogP contribution is -2.41. The molecule has 0 heterocycles. The monoisotopic (exact) mass is 190 g/mol. The van der Waals surface area contributed by atoms with E-state index >= 15 is 0 Å². The van der Waals surface area contributed by atoms with Crippen LogP contribution in [0.5, 0.6) is 0 Å². The van der Waals surface area contributed by atoms with Crippen molar-refractivity contribution < 1.29 is 19.4 Å². The molecule has 0 spiro atoms. The summed E-state index contributed by atoms with van der Waals surface area (Å²) in [4.78, 5) is 20.8. The van der Waals surface area contributed by atoms with E-state index in [0.717, 1.165) is 0 Å². The van der Waals surface area contributed by atoms with Gasteiger partial charge in [0, 0.05) is 12.6 Å². The number of carbonyl (C=O) groups excluding carboxylic acids is 1. The summed E-state index contributed by atoms with van der Waals surface area (Å²) in [5, 5.41) is 12.9. The third-order valence-corrected chi connectivity index (χ3v) is 1.20. The van der Waals surface area contributed by atoms with E-state index < -0.39 is 12.2 Å². The van der Waals surface area contributed by atoms with Crippen LogP contribution in [0.25, 0.3) is 0 Å². The van der Waals surface area contributed by atoms with Crippen LogP contribution in [0.15, 0.2) is 0 Å². The van der Waals surface area contributed by atoms with Gasteiger partial charge in [0.1, 0.15) is 0 Å². The predicted molar refractivity (Wildman–Crippen MR) is 45.6 cm³/mol. The Kier molecular flexibility index (Phi) is 5.42. The molecule has 0 fully saturated rings. The van der Waals surface area contributed by atoms with Crippen molar-refractivity contribution in [1.82, 2.24) is 10.6 Å². The highest BCUT2D eigenvalue weighted by Crippen LogP contribution is 1.81. The normalized spacial score (nSPS) is 11.5. The van der Waals surface area contributed by atoms with Crippen LogP contribution in [0.1, 0.15) is 13.8 Å². The number of alkyl carbamates (subject to hydrolysis) is 1. The lowest BCUT2D eigenvalue weighted by molar-refractivity contribution is 0.150. The van der Waals surface area contributed by atoms with Crippen LogP contribution in [0.4, 0.5) is 9.59 Å². The topological polar surface area (TPSA) is 87.7 Å². The molecule has 0 aliphatic heterocycles. The van der Waals surface area contributed by atoms with Crippen LogP contribution in [0.2, 0.25) is 0 Å². The Morgan fingerprint density at radius 2 is 2.15 bits per heavy atom. The molecule has 6 nitrogen and oxygen atoms in total. The van der Waals surface area contributed by atoms with Crippen molar-refractivity contribution in [3.63, 3.8) is 0 Å². The van der Waals surface area contributed by atoms with E-state index in [1.807, 2.05) is 0 Å². The van der Waals surface area contributed by atoms with Crippen molar-refractivity contribution in [2.24, 2.45) is 0 Å². The number of carboxylic acid groups (broad SMARTS) is 1. The van der Waals surface area contributed by atoms with Crippen LogP contribution >= 0.6 is 0 Å². The van der Waals surface area contributed by atoms with Gasteiger partial charge in [-0.3, -0.25) is 0 Å². The van der Waals surface area contributed by atoms with Gasteiger partial charge in [-0.2, -0.15) is 0 Å². The van der Waals surface area contributed by atoms with Gasteiger partial charge in [0.25, 0.3) is 0 Å². The third kappa shape index (κ3) is 6.92. The lowest BCUT2D eigenvalue weighted by Gasteiger charge is -2.11. The van der Waals surface area contributed by atoms with Gasteiger partial charge in [0.15, 0.2) is 0 Å². The molecule has 0 aliphatic rings. The molecule has 0 saturated carbocycles. The fourth-order valence-corrected chi connectivity index (χ4v) is 0.680. The molecule has 0 aromatic rings. The Hall–Kier alpha value is -1.46. The minimum atomic E-state index is -1.11. The largest absolute Gasteiger partial charge is 0.465 e. The van der Waals surface area contributed by atoms with Crippen LogP contribution in [0.3, 0.4) is 0 Å². The Labute approximate surface area is 76.3 Å². The Balaban J connectivity index is 3.51. The Morgan fingerprint density at radius 3 is 2.62 bits per heavy atom. The van der Waals surface area contributed by atoms with E-state index in [0.29, 0.717) is 6.61 Å². The first-order valence-corrected chi connectivity index (χ1v) is 3.96. The van der Waals surface area contributed by atoms with Gasteiger partial charge in [-0.1, -0.05) is 0 Å². The fourth-order valence-electron chi connectivity index (χ4n) is 0.680. The molecule has 0 aliphatic carbocycles. The number of carbonyl (C=O) groups is 2. The first-order chi connectivity index (χ1) is 6.06. The summed E-state index contributed by atoms with van der Waals surface area (Å²) in [5.74, 6) is 0. The zero-order valence-electron chi connectivity index (χ0n) is 7.66. The minimum Gasteiger partial charge on any atom is -0.465 e. The van der Waals surface area contributed by atoms with Crippen molar-refractivity contribution in [2.45, 2.75) is 19.9 Å². The summed E-state index contributed by atoms with van der Waals surface area (Å²) in [6.45, 7) is 3.84. The van der Waals surface area contributed by atoms with Crippen LogP contribution in [0, 0.1) is 0 Å². The summed E-state index contributed by atoms with van der Waals surface area (Å²) in [6, 6.07) is -0.332. The molecule has 0 bridgehead atoms. The van der Waals surface area contributed by atoms with E-state index in [4.69, 9.17) is 5.11 Å². The molecule has 0 aromatic heterocycles. The highest BCUT2D eigenvalue weighted by molar-refractivity contribution is 5.67. The van der Waals surface area contributed by atoms with Crippen molar-refractivity contribution >= 4 is 12.2 Å². The smallest absolute Gasteiger partial charge is 0.407 e. The molecular formula is C7H14N2O4. The standard InChI is InChI=1S/C7H14N2O4/c1-3-13-7(12)8-4-5(2)9-6(10)11/h5,9H,3-4H2,1-2H3,(H,8,12)(H,10,11). The average molecular weight is 190 g/mol. The van der Waals surface area contributed by atoms with Gasteiger partial charge < -0.3 is 20.5 Å². The van der Waals surface area contributed by atoms with Gasteiger partial charge in [0.2, 0.25) is 0 Å². The minimum absolute atomic E-state index is 0.213. The van der Waals surface area contributed by atoms with Crippen LogP contribution in [-0.4, -0.2) is 36.5 Å². The summed E-state index contributed by atoms with van der Waals surface area (Å²) >= 11 is 0. The average Bonchev–Trinajstić information content (AvgIpc) is 2.00. The summed E-state index contributed by atoms with van der Waals surface area (Å²) in [7, 11) is 0. The summed E-state index contributed by atoms with van der Waals surface area (Å²) in [6.07, 6.45) is -1.65. The molecule has 0 rings (SSSR count). The van der Waals surface area contributed by atoms with E-state index in [1.165, 1.54) is 0 Å². The maximum Gasteiger partial charge on any atom is 0.407 e. The molecule has 6 heteroatoms. The zero-order valence-corrected chi connectivity index (χ0v) is 7.66. The number of rotatable bonds is 4. The predicted octanol–water partition coefficient (Wildman–Crippen LogP) is 0.389. The molecular weight excluding hydrogens is 176 g/mol. The number of amides is 2.